The lowest BCUT2D eigenvalue weighted by atomic mass is 9.99. The third-order valence-corrected chi connectivity index (χ3v) is 4.48. The second kappa shape index (κ2) is 8.61. The van der Waals surface area contributed by atoms with E-state index < -0.39 is 17.5 Å². The van der Waals surface area contributed by atoms with Gasteiger partial charge in [-0.05, 0) is 35.4 Å². The van der Waals surface area contributed by atoms with Gasteiger partial charge in [-0.25, -0.2) is 8.78 Å². The Bertz CT molecular complexity index is 1020. The van der Waals surface area contributed by atoms with Crippen molar-refractivity contribution in [3.8, 4) is 0 Å². The molecule has 144 valence electrons. The summed E-state index contributed by atoms with van der Waals surface area (Å²) in [4.78, 5) is 24.1. The van der Waals surface area contributed by atoms with Crippen LogP contribution in [0, 0.1) is 11.6 Å². The van der Waals surface area contributed by atoms with Gasteiger partial charge in [-0.15, -0.1) is 0 Å². The van der Waals surface area contributed by atoms with Gasteiger partial charge in [-0.2, -0.15) is 0 Å². The Morgan fingerprint density at radius 3 is 2.54 bits per heavy atom. The Morgan fingerprint density at radius 2 is 1.75 bits per heavy atom. The molecule has 6 heteroatoms. The van der Waals surface area contributed by atoms with Crippen molar-refractivity contribution in [3.63, 3.8) is 0 Å². The second-order valence-electron chi connectivity index (χ2n) is 6.49. The molecule has 0 fully saturated rings. The Hall–Kier alpha value is -3.28. The average Bonchev–Trinajstić information content (AvgIpc) is 2.67. The van der Waals surface area contributed by atoms with Gasteiger partial charge in [0, 0.05) is 19.0 Å². The summed E-state index contributed by atoms with van der Waals surface area (Å²) in [6, 6.07) is 16.4. The molecular formula is C22H20F2N2O2. The maximum atomic E-state index is 13.6. The molecule has 2 N–H and O–H groups in total. The highest BCUT2D eigenvalue weighted by Gasteiger charge is 2.14. The molecule has 0 spiro atoms. The zero-order chi connectivity index (χ0) is 20.1. The molecule has 0 bridgehead atoms. The topological polar surface area (TPSA) is 58.2 Å². The Morgan fingerprint density at radius 1 is 1.00 bits per heavy atom. The molecule has 0 radical (unpaired) electrons. The molecule has 0 aliphatic rings. The molecule has 0 saturated heterocycles. The molecule has 0 heterocycles. The number of benzene rings is 3. The van der Waals surface area contributed by atoms with E-state index in [9.17, 15) is 18.4 Å². The van der Waals surface area contributed by atoms with Gasteiger partial charge < -0.3 is 10.6 Å². The van der Waals surface area contributed by atoms with Gasteiger partial charge in [0.2, 0.25) is 5.91 Å². The standard InChI is InChI=1S/C22H20F2N2O2/c1-14(17-8-4-6-15-5-2-3-7-18(15)17)26-21(27)11-12-25-22(28)19-10-9-16(23)13-20(19)24/h2-10,13-14H,11-12H2,1H3,(H,25,28)(H,26,27). The number of rotatable bonds is 6. The molecule has 28 heavy (non-hydrogen) atoms. The van der Waals surface area contributed by atoms with E-state index in [-0.39, 0.29) is 30.5 Å². The number of hydrogen-bond acceptors (Lipinski definition) is 2. The van der Waals surface area contributed by atoms with E-state index in [2.05, 4.69) is 10.6 Å². The normalized spacial score (nSPS) is 11.8. The van der Waals surface area contributed by atoms with Crippen molar-refractivity contribution in [1.82, 2.24) is 10.6 Å². The van der Waals surface area contributed by atoms with Crippen molar-refractivity contribution >= 4 is 22.6 Å². The lowest BCUT2D eigenvalue weighted by Gasteiger charge is -2.17. The summed E-state index contributed by atoms with van der Waals surface area (Å²) in [5.41, 5.74) is 0.745. The summed E-state index contributed by atoms with van der Waals surface area (Å²) in [7, 11) is 0. The molecule has 3 rings (SSSR count). The van der Waals surface area contributed by atoms with Crippen molar-refractivity contribution in [3.05, 3.63) is 83.4 Å². The van der Waals surface area contributed by atoms with Crippen LogP contribution in [0.25, 0.3) is 10.8 Å². The zero-order valence-electron chi connectivity index (χ0n) is 15.3. The number of halogens is 2. The molecular weight excluding hydrogens is 362 g/mol. The fourth-order valence-electron chi connectivity index (χ4n) is 3.08. The number of carbonyl (C=O) groups is 2. The van der Waals surface area contributed by atoms with E-state index >= 15 is 0 Å². The van der Waals surface area contributed by atoms with E-state index in [0.29, 0.717) is 6.07 Å². The van der Waals surface area contributed by atoms with Gasteiger partial charge in [0.1, 0.15) is 11.6 Å². The average molecular weight is 382 g/mol. The lowest BCUT2D eigenvalue weighted by Crippen LogP contribution is -2.32. The molecule has 1 unspecified atom stereocenters. The lowest BCUT2D eigenvalue weighted by molar-refractivity contribution is -0.121. The van der Waals surface area contributed by atoms with Gasteiger partial charge >= 0.3 is 0 Å². The van der Waals surface area contributed by atoms with Gasteiger partial charge in [0.15, 0.2) is 0 Å². The quantitative estimate of drug-likeness (QED) is 0.674. The number of nitrogens with one attached hydrogen (secondary N) is 2. The minimum Gasteiger partial charge on any atom is -0.351 e. The van der Waals surface area contributed by atoms with Crippen LogP contribution in [0.1, 0.15) is 35.3 Å². The van der Waals surface area contributed by atoms with E-state index in [1.54, 1.807) is 0 Å². The van der Waals surface area contributed by atoms with Crippen LogP contribution in [0.5, 0.6) is 0 Å². The molecule has 0 saturated carbocycles. The van der Waals surface area contributed by atoms with Crippen LogP contribution in [0.2, 0.25) is 0 Å². The van der Waals surface area contributed by atoms with Crippen LogP contribution in [-0.2, 0) is 4.79 Å². The van der Waals surface area contributed by atoms with E-state index in [0.717, 1.165) is 28.5 Å². The maximum absolute atomic E-state index is 13.6. The first-order chi connectivity index (χ1) is 13.5. The molecule has 3 aromatic carbocycles. The largest absolute Gasteiger partial charge is 0.351 e. The van der Waals surface area contributed by atoms with Crippen LogP contribution >= 0.6 is 0 Å². The molecule has 0 aliphatic heterocycles. The van der Waals surface area contributed by atoms with E-state index in [1.165, 1.54) is 0 Å². The molecule has 0 aromatic heterocycles. The predicted molar refractivity (Wildman–Crippen MR) is 104 cm³/mol. The number of hydrogen-bond donors (Lipinski definition) is 2. The summed E-state index contributed by atoms with van der Waals surface area (Å²) in [5.74, 6) is -2.62. The van der Waals surface area contributed by atoms with Gasteiger partial charge in [0.25, 0.3) is 5.91 Å². The fraction of sp³-hybridized carbons (Fsp3) is 0.182. The van der Waals surface area contributed by atoms with Crippen LogP contribution in [0.15, 0.2) is 60.7 Å². The fourth-order valence-corrected chi connectivity index (χ4v) is 3.08. The van der Waals surface area contributed by atoms with Gasteiger partial charge in [0.05, 0.1) is 11.6 Å². The Kier molecular flexibility index (Phi) is 5.99. The van der Waals surface area contributed by atoms with Crippen LogP contribution in [0.3, 0.4) is 0 Å². The van der Waals surface area contributed by atoms with Gasteiger partial charge in [-0.3, -0.25) is 9.59 Å². The molecule has 1 atom stereocenters. The predicted octanol–water partition coefficient (Wildman–Crippen LogP) is 4.12. The molecule has 3 aromatic rings. The van der Waals surface area contributed by atoms with Crippen molar-refractivity contribution < 1.29 is 18.4 Å². The minimum absolute atomic E-state index is 0.0453. The van der Waals surface area contributed by atoms with Crippen molar-refractivity contribution in [2.24, 2.45) is 0 Å². The summed E-state index contributed by atoms with van der Waals surface area (Å²) in [6.45, 7) is 1.94. The first kappa shape index (κ1) is 19.5. The highest BCUT2D eigenvalue weighted by Crippen LogP contribution is 2.24. The number of amides is 2. The van der Waals surface area contributed by atoms with E-state index in [1.807, 2.05) is 49.4 Å². The first-order valence-corrected chi connectivity index (χ1v) is 8.96. The zero-order valence-corrected chi connectivity index (χ0v) is 15.3. The number of carbonyl (C=O) groups excluding carboxylic acids is 2. The third-order valence-electron chi connectivity index (χ3n) is 4.48. The highest BCUT2D eigenvalue weighted by atomic mass is 19.1. The van der Waals surface area contributed by atoms with Crippen molar-refractivity contribution in [2.75, 3.05) is 6.54 Å². The molecule has 2 amide bonds. The molecule has 4 nitrogen and oxygen atoms in total. The van der Waals surface area contributed by atoms with Crippen LogP contribution < -0.4 is 10.6 Å². The van der Waals surface area contributed by atoms with E-state index in [4.69, 9.17) is 0 Å². The summed E-state index contributed by atoms with van der Waals surface area (Å²) in [6.07, 6.45) is 0.0453. The molecule has 0 aliphatic carbocycles. The first-order valence-electron chi connectivity index (χ1n) is 8.96. The summed E-state index contributed by atoms with van der Waals surface area (Å²) in [5, 5.41) is 7.54. The Labute approximate surface area is 161 Å². The van der Waals surface area contributed by atoms with Crippen molar-refractivity contribution in [2.45, 2.75) is 19.4 Å². The summed E-state index contributed by atoms with van der Waals surface area (Å²) < 4.78 is 26.5. The second-order valence-corrected chi connectivity index (χ2v) is 6.49. The summed E-state index contributed by atoms with van der Waals surface area (Å²) >= 11 is 0. The van der Waals surface area contributed by atoms with Crippen LogP contribution in [0.4, 0.5) is 8.78 Å². The van der Waals surface area contributed by atoms with Crippen molar-refractivity contribution in [1.29, 1.82) is 0 Å². The minimum atomic E-state index is -0.938. The maximum Gasteiger partial charge on any atom is 0.254 e. The monoisotopic (exact) mass is 382 g/mol. The smallest absolute Gasteiger partial charge is 0.254 e. The third kappa shape index (κ3) is 4.52. The van der Waals surface area contributed by atoms with Crippen LogP contribution in [-0.4, -0.2) is 18.4 Å². The highest BCUT2D eigenvalue weighted by molar-refractivity contribution is 5.94. The van der Waals surface area contributed by atoms with Gasteiger partial charge in [-0.1, -0.05) is 42.5 Å². The SMILES string of the molecule is CC(NC(=O)CCNC(=O)c1ccc(F)cc1F)c1cccc2ccccc12. The Balaban J connectivity index is 1.54. The number of fused-ring (bicyclic) bond motifs is 1.